The second kappa shape index (κ2) is 6.52. The lowest BCUT2D eigenvalue weighted by molar-refractivity contribution is 0.199. The Morgan fingerprint density at radius 1 is 1.16 bits per heavy atom. The number of aliphatic hydroxyl groups excluding tert-OH is 2. The Hall–Kier alpha value is -1.62. The van der Waals surface area contributed by atoms with E-state index in [9.17, 15) is 5.11 Å². The number of nitrogens with one attached hydrogen (secondary N) is 1. The van der Waals surface area contributed by atoms with Crippen molar-refractivity contribution in [3.63, 3.8) is 0 Å². The fourth-order valence-electron chi connectivity index (χ4n) is 1.84. The smallest absolute Gasteiger partial charge is 0.134 e. The SMILES string of the molecule is CC(O)c1ccc(-c2ccc(CNCCO)o2)cc1. The lowest BCUT2D eigenvalue weighted by atomic mass is 10.1. The minimum atomic E-state index is -0.455. The van der Waals surface area contributed by atoms with E-state index >= 15 is 0 Å². The van der Waals surface area contributed by atoms with Crippen molar-refractivity contribution in [2.24, 2.45) is 0 Å². The van der Waals surface area contributed by atoms with E-state index in [4.69, 9.17) is 9.52 Å². The van der Waals surface area contributed by atoms with Gasteiger partial charge in [-0.15, -0.1) is 0 Å². The molecule has 1 unspecified atom stereocenters. The summed E-state index contributed by atoms with van der Waals surface area (Å²) in [6.45, 7) is 3.02. The van der Waals surface area contributed by atoms with E-state index in [1.54, 1.807) is 6.92 Å². The third-order valence-electron chi connectivity index (χ3n) is 2.93. The number of hydrogen-bond acceptors (Lipinski definition) is 4. The molecule has 0 spiro atoms. The van der Waals surface area contributed by atoms with Gasteiger partial charge in [0.1, 0.15) is 11.5 Å². The second-order valence-electron chi connectivity index (χ2n) is 4.46. The number of aliphatic hydroxyl groups is 2. The highest BCUT2D eigenvalue weighted by molar-refractivity contribution is 5.58. The average Bonchev–Trinajstić information content (AvgIpc) is 2.88. The minimum absolute atomic E-state index is 0.119. The molecule has 1 heterocycles. The van der Waals surface area contributed by atoms with Crippen molar-refractivity contribution in [1.82, 2.24) is 5.32 Å². The zero-order valence-corrected chi connectivity index (χ0v) is 11.0. The van der Waals surface area contributed by atoms with Gasteiger partial charge in [-0.1, -0.05) is 24.3 Å². The van der Waals surface area contributed by atoms with E-state index < -0.39 is 6.10 Å². The largest absolute Gasteiger partial charge is 0.460 e. The van der Waals surface area contributed by atoms with Gasteiger partial charge in [-0.25, -0.2) is 0 Å². The van der Waals surface area contributed by atoms with E-state index in [0.29, 0.717) is 13.1 Å². The van der Waals surface area contributed by atoms with Crippen molar-refractivity contribution in [3.8, 4) is 11.3 Å². The molecular weight excluding hydrogens is 242 g/mol. The Morgan fingerprint density at radius 2 is 1.89 bits per heavy atom. The molecule has 0 bridgehead atoms. The molecule has 1 aromatic carbocycles. The highest BCUT2D eigenvalue weighted by atomic mass is 16.3. The molecule has 4 nitrogen and oxygen atoms in total. The van der Waals surface area contributed by atoms with Crippen LogP contribution in [-0.4, -0.2) is 23.4 Å². The van der Waals surface area contributed by atoms with Gasteiger partial charge < -0.3 is 19.9 Å². The summed E-state index contributed by atoms with van der Waals surface area (Å²) in [5.74, 6) is 1.64. The van der Waals surface area contributed by atoms with Crippen LogP contribution >= 0.6 is 0 Å². The van der Waals surface area contributed by atoms with Crippen LogP contribution < -0.4 is 5.32 Å². The number of furan rings is 1. The summed E-state index contributed by atoms with van der Waals surface area (Å²) in [5, 5.41) is 21.2. The monoisotopic (exact) mass is 261 g/mol. The molecule has 3 N–H and O–H groups in total. The van der Waals surface area contributed by atoms with Crippen molar-refractivity contribution in [2.45, 2.75) is 19.6 Å². The summed E-state index contributed by atoms with van der Waals surface area (Å²) in [7, 11) is 0. The summed E-state index contributed by atoms with van der Waals surface area (Å²) < 4.78 is 5.71. The molecule has 0 saturated heterocycles. The molecule has 4 heteroatoms. The van der Waals surface area contributed by atoms with Gasteiger partial charge in [-0.3, -0.25) is 0 Å². The van der Waals surface area contributed by atoms with Crippen LogP contribution in [0.15, 0.2) is 40.8 Å². The van der Waals surface area contributed by atoms with Crippen molar-refractivity contribution >= 4 is 0 Å². The Morgan fingerprint density at radius 3 is 2.53 bits per heavy atom. The molecule has 2 aromatic rings. The van der Waals surface area contributed by atoms with Gasteiger partial charge in [0, 0.05) is 12.1 Å². The Bertz CT molecular complexity index is 502. The van der Waals surface area contributed by atoms with Gasteiger partial charge in [0.05, 0.1) is 19.3 Å². The second-order valence-corrected chi connectivity index (χ2v) is 4.46. The van der Waals surface area contributed by atoms with Gasteiger partial charge >= 0.3 is 0 Å². The summed E-state index contributed by atoms with van der Waals surface area (Å²) in [5.41, 5.74) is 1.87. The first kappa shape index (κ1) is 13.8. The number of benzene rings is 1. The van der Waals surface area contributed by atoms with Crippen LogP contribution in [0.2, 0.25) is 0 Å². The zero-order valence-electron chi connectivity index (χ0n) is 11.0. The molecular formula is C15H19NO3. The fraction of sp³-hybridized carbons (Fsp3) is 0.333. The molecule has 1 aromatic heterocycles. The van der Waals surface area contributed by atoms with E-state index in [1.807, 2.05) is 36.4 Å². The molecule has 0 saturated carbocycles. The predicted molar refractivity (Wildman–Crippen MR) is 73.6 cm³/mol. The third-order valence-corrected chi connectivity index (χ3v) is 2.93. The fourth-order valence-corrected chi connectivity index (χ4v) is 1.84. The van der Waals surface area contributed by atoms with Crippen LogP contribution in [0.4, 0.5) is 0 Å². The predicted octanol–water partition coefficient (Wildman–Crippen LogP) is 2.08. The molecule has 102 valence electrons. The molecule has 1 atom stereocenters. The van der Waals surface area contributed by atoms with Gasteiger partial charge in [0.25, 0.3) is 0 Å². The molecule has 0 aliphatic heterocycles. The molecule has 19 heavy (non-hydrogen) atoms. The first-order valence-corrected chi connectivity index (χ1v) is 6.39. The van der Waals surface area contributed by atoms with Crippen molar-refractivity contribution in [1.29, 1.82) is 0 Å². The van der Waals surface area contributed by atoms with Crippen LogP contribution in [0.3, 0.4) is 0 Å². The van der Waals surface area contributed by atoms with Crippen LogP contribution in [0.1, 0.15) is 24.4 Å². The highest BCUT2D eigenvalue weighted by Gasteiger charge is 2.06. The quantitative estimate of drug-likeness (QED) is 0.697. The summed E-state index contributed by atoms with van der Waals surface area (Å²) >= 11 is 0. The Labute approximate surface area is 112 Å². The zero-order chi connectivity index (χ0) is 13.7. The van der Waals surface area contributed by atoms with E-state index in [-0.39, 0.29) is 6.61 Å². The molecule has 0 amide bonds. The highest BCUT2D eigenvalue weighted by Crippen LogP contribution is 2.24. The van der Waals surface area contributed by atoms with Gasteiger partial charge in [-0.2, -0.15) is 0 Å². The number of rotatable bonds is 6. The molecule has 0 radical (unpaired) electrons. The van der Waals surface area contributed by atoms with E-state index in [0.717, 1.165) is 22.6 Å². The summed E-state index contributed by atoms with van der Waals surface area (Å²) in [6.07, 6.45) is -0.455. The van der Waals surface area contributed by atoms with Gasteiger partial charge in [0.15, 0.2) is 0 Å². The summed E-state index contributed by atoms with van der Waals surface area (Å²) in [6, 6.07) is 11.5. The van der Waals surface area contributed by atoms with Crippen LogP contribution in [0.25, 0.3) is 11.3 Å². The first-order chi connectivity index (χ1) is 9.20. The normalized spacial score (nSPS) is 12.6. The van der Waals surface area contributed by atoms with Crippen molar-refractivity contribution in [2.75, 3.05) is 13.2 Å². The topological polar surface area (TPSA) is 65.6 Å². The maximum absolute atomic E-state index is 9.46. The average molecular weight is 261 g/mol. The van der Waals surface area contributed by atoms with Crippen LogP contribution in [0, 0.1) is 0 Å². The summed E-state index contributed by atoms with van der Waals surface area (Å²) in [4.78, 5) is 0. The van der Waals surface area contributed by atoms with Gasteiger partial charge in [0.2, 0.25) is 0 Å². The molecule has 0 aliphatic carbocycles. The van der Waals surface area contributed by atoms with E-state index in [2.05, 4.69) is 5.32 Å². The van der Waals surface area contributed by atoms with Crippen molar-refractivity contribution < 1.29 is 14.6 Å². The Balaban J connectivity index is 2.05. The maximum atomic E-state index is 9.46. The Kier molecular flexibility index (Phi) is 4.74. The minimum Gasteiger partial charge on any atom is -0.460 e. The maximum Gasteiger partial charge on any atom is 0.134 e. The third kappa shape index (κ3) is 3.67. The molecule has 2 rings (SSSR count). The van der Waals surface area contributed by atoms with E-state index in [1.165, 1.54) is 0 Å². The first-order valence-electron chi connectivity index (χ1n) is 6.39. The van der Waals surface area contributed by atoms with Crippen LogP contribution in [-0.2, 0) is 6.54 Å². The molecule has 0 aliphatic rings. The standard InChI is InChI=1S/C15H19NO3/c1-11(18)12-2-4-13(5-3-12)15-7-6-14(19-15)10-16-8-9-17/h2-7,11,16-18H,8-10H2,1H3. The lowest BCUT2D eigenvalue weighted by Gasteiger charge is -2.05. The number of hydrogen-bond donors (Lipinski definition) is 3. The molecule has 0 fully saturated rings. The van der Waals surface area contributed by atoms with Crippen LogP contribution in [0.5, 0.6) is 0 Å². The lowest BCUT2D eigenvalue weighted by Crippen LogP contribution is -2.16. The van der Waals surface area contributed by atoms with Crippen molar-refractivity contribution in [3.05, 3.63) is 47.7 Å². The van der Waals surface area contributed by atoms with Gasteiger partial charge in [-0.05, 0) is 24.6 Å².